The number of aromatic nitrogens is 3. The second-order valence-corrected chi connectivity index (χ2v) is 7.34. The molecule has 0 bridgehead atoms. The van der Waals surface area contributed by atoms with Crippen molar-refractivity contribution in [3.8, 4) is 0 Å². The van der Waals surface area contributed by atoms with Crippen molar-refractivity contribution in [2.75, 3.05) is 5.75 Å². The number of hydrogen-bond acceptors (Lipinski definition) is 5. The standard InChI is InChI=1S/C14H23N5O2S/c1-14(2,3)16-12(21)15-11(20)9-22-13-18-17-10-7-5-4-6-8-19(10)13/h4-9H2,1-3H3,(H2,15,16,20,21). The summed E-state index contributed by atoms with van der Waals surface area (Å²) < 4.78 is 2.08. The average Bonchev–Trinajstić information content (AvgIpc) is 2.62. The molecule has 0 radical (unpaired) electrons. The lowest BCUT2D eigenvalue weighted by atomic mass is 10.1. The van der Waals surface area contributed by atoms with Crippen LogP contribution in [0.3, 0.4) is 0 Å². The summed E-state index contributed by atoms with van der Waals surface area (Å²) in [6, 6.07) is -0.474. The van der Waals surface area contributed by atoms with E-state index in [0.29, 0.717) is 0 Å². The Morgan fingerprint density at radius 3 is 2.73 bits per heavy atom. The van der Waals surface area contributed by atoms with Gasteiger partial charge in [0.2, 0.25) is 5.91 Å². The molecule has 3 amide bonds. The molecule has 0 aromatic carbocycles. The van der Waals surface area contributed by atoms with Crippen molar-refractivity contribution in [3.63, 3.8) is 0 Å². The van der Waals surface area contributed by atoms with Crippen molar-refractivity contribution in [2.45, 2.75) is 63.7 Å². The van der Waals surface area contributed by atoms with Crippen molar-refractivity contribution in [3.05, 3.63) is 5.82 Å². The minimum absolute atomic E-state index is 0.149. The van der Waals surface area contributed by atoms with Gasteiger partial charge in [-0.05, 0) is 33.6 Å². The summed E-state index contributed by atoms with van der Waals surface area (Å²) in [5, 5.41) is 14.1. The van der Waals surface area contributed by atoms with Gasteiger partial charge in [0.1, 0.15) is 5.82 Å². The second kappa shape index (κ2) is 7.13. The quantitative estimate of drug-likeness (QED) is 0.826. The molecule has 1 aromatic rings. The lowest BCUT2D eigenvalue weighted by molar-refractivity contribution is -0.117. The van der Waals surface area contributed by atoms with Crippen LogP contribution in [0.4, 0.5) is 4.79 Å². The highest BCUT2D eigenvalue weighted by Crippen LogP contribution is 2.21. The fraction of sp³-hybridized carbons (Fsp3) is 0.714. The minimum Gasteiger partial charge on any atom is -0.333 e. The summed E-state index contributed by atoms with van der Waals surface area (Å²) in [5.74, 6) is 0.805. The number of nitrogens with one attached hydrogen (secondary N) is 2. The Labute approximate surface area is 134 Å². The molecular formula is C14H23N5O2S. The number of imide groups is 1. The molecule has 0 saturated carbocycles. The van der Waals surface area contributed by atoms with Gasteiger partial charge in [0.15, 0.2) is 5.16 Å². The first-order valence-electron chi connectivity index (χ1n) is 7.52. The molecule has 1 aromatic heterocycles. The van der Waals surface area contributed by atoms with Gasteiger partial charge in [-0.3, -0.25) is 10.1 Å². The summed E-state index contributed by atoms with van der Waals surface area (Å²) in [6.45, 7) is 6.47. The van der Waals surface area contributed by atoms with Crippen LogP contribution in [0.2, 0.25) is 0 Å². The van der Waals surface area contributed by atoms with Crippen LogP contribution in [0.1, 0.15) is 45.9 Å². The first-order chi connectivity index (χ1) is 10.3. The molecule has 0 unspecified atom stereocenters. The zero-order valence-corrected chi connectivity index (χ0v) is 14.1. The lowest BCUT2D eigenvalue weighted by Gasteiger charge is -2.20. The van der Waals surface area contributed by atoms with Gasteiger partial charge in [-0.1, -0.05) is 18.2 Å². The van der Waals surface area contributed by atoms with Crippen molar-refractivity contribution < 1.29 is 9.59 Å². The van der Waals surface area contributed by atoms with Gasteiger partial charge in [0, 0.05) is 18.5 Å². The van der Waals surface area contributed by atoms with Crippen LogP contribution in [0, 0.1) is 0 Å². The van der Waals surface area contributed by atoms with Gasteiger partial charge in [-0.15, -0.1) is 10.2 Å². The molecule has 1 aliphatic rings. The number of hydrogen-bond donors (Lipinski definition) is 2. The van der Waals surface area contributed by atoms with E-state index in [1.165, 1.54) is 18.2 Å². The number of urea groups is 1. The van der Waals surface area contributed by atoms with Crippen LogP contribution in [-0.4, -0.2) is 38.0 Å². The van der Waals surface area contributed by atoms with Gasteiger partial charge in [-0.2, -0.15) is 0 Å². The van der Waals surface area contributed by atoms with Crippen molar-refractivity contribution in [1.29, 1.82) is 0 Å². The Morgan fingerprint density at radius 2 is 2.00 bits per heavy atom. The van der Waals surface area contributed by atoms with E-state index in [0.717, 1.165) is 36.8 Å². The Hall–Kier alpha value is -1.57. The van der Waals surface area contributed by atoms with Crippen molar-refractivity contribution in [1.82, 2.24) is 25.4 Å². The Kier molecular flexibility index (Phi) is 5.44. The van der Waals surface area contributed by atoms with Crippen LogP contribution < -0.4 is 10.6 Å². The molecule has 2 N–H and O–H groups in total. The summed E-state index contributed by atoms with van der Waals surface area (Å²) in [4.78, 5) is 23.4. The number of rotatable bonds is 3. The average molecular weight is 325 g/mol. The monoisotopic (exact) mass is 325 g/mol. The maximum atomic E-state index is 11.8. The van der Waals surface area contributed by atoms with Crippen LogP contribution >= 0.6 is 11.8 Å². The highest BCUT2D eigenvalue weighted by molar-refractivity contribution is 7.99. The number of amides is 3. The van der Waals surface area contributed by atoms with Crippen LogP contribution in [0.25, 0.3) is 0 Å². The minimum atomic E-state index is -0.474. The first-order valence-corrected chi connectivity index (χ1v) is 8.50. The van der Waals surface area contributed by atoms with Gasteiger partial charge in [0.25, 0.3) is 0 Å². The third-order valence-corrected chi connectivity index (χ3v) is 4.12. The fourth-order valence-electron chi connectivity index (χ4n) is 2.23. The summed E-state index contributed by atoms with van der Waals surface area (Å²) in [7, 11) is 0. The predicted molar refractivity (Wildman–Crippen MR) is 84.7 cm³/mol. The third kappa shape index (κ3) is 5.01. The SMILES string of the molecule is CC(C)(C)NC(=O)NC(=O)CSc1nnc2n1CCCCC2. The van der Waals surface area contributed by atoms with E-state index >= 15 is 0 Å². The number of carbonyl (C=O) groups is 2. The van der Waals surface area contributed by atoms with Gasteiger partial charge < -0.3 is 9.88 Å². The summed E-state index contributed by atoms with van der Waals surface area (Å²) >= 11 is 1.32. The van der Waals surface area contributed by atoms with E-state index in [1.54, 1.807) is 0 Å². The van der Waals surface area contributed by atoms with E-state index in [9.17, 15) is 9.59 Å². The van der Waals surface area contributed by atoms with Gasteiger partial charge >= 0.3 is 6.03 Å². The van der Waals surface area contributed by atoms with Crippen LogP contribution in [0.5, 0.6) is 0 Å². The highest BCUT2D eigenvalue weighted by Gasteiger charge is 2.18. The molecule has 22 heavy (non-hydrogen) atoms. The molecule has 8 heteroatoms. The Morgan fingerprint density at radius 1 is 1.23 bits per heavy atom. The lowest BCUT2D eigenvalue weighted by Crippen LogP contribution is -2.48. The van der Waals surface area contributed by atoms with Gasteiger partial charge in [-0.25, -0.2) is 4.79 Å². The molecule has 0 spiro atoms. The molecule has 2 heterocycles. The van der Waals surface area contributed by atoms with Crippen LogP contribution in [-0.2, 0) is 17.8 Å². The number of carbonyl (C=O) groups excluding carboxylic acids is 2. The number of fused-ring (bicyclic) bond motifs is 1. The van der Waals surface area contributed by atoms with Crippen LogP contribution in [0.15, 0.2) is 5.16 Å². The smallest absolute Gasteiger partial charge is 0.321 e. The normalized spacial score (nSPS) is 14.9. The van der Waals surface area contributed by atoms with E-state index in [2.05, 4.69) is 25.4 Å². The zero-order valence-electron chi connectivity index (χ0n) is 13.3. The maximum Gasteiger partial charge on any atom is 0.321 e. The molecule has 1 aliphatic heterocycles. The Bertz CT molecular complexity index is 550. The highest BCUT2D eigenvalue weighted by atomic mass is 32.2. The Balaban J connectivity index is 1.84. The largest absolute Gasteiger partial charge is 0.333 e. The molecule has 0 aliphatic carbocycles. The maximum absolute atomic E-state index is 11.8. The number of thioether (sulfide) groups is 1. The fourth-order valence-corrected chi connectivity index (χ4v) is 3.01. The van der Waals surface area contributed by atoms with E-state index in [-0.39, 0.29) is 17.2 Å². The molecule has 122 valence electrons. The molecule has 0 fully saturated rings. The molecule has 0 saturated heterocycles. The molecule has 2 rings (SSSR count). The van der Waals surface area contributed by atoms with E-state index in [4.69, 9.17) is 0 Å². The van der Waals surface area contributed by atoms with Crippen molar-refractivity contribution >= 4 is 23.7 Å². The topological polar surface area (TPSA) is 88.9 Å². The van der Waals surface area contributed by atoms with E-state index in [1.807, 2.05) is 20.8 Å². The third-order valence-electron chi connectivity index (χ3n) is 3.15. The molecule has 7 nitrogen and oxygen atoms in total. The summed E-state index contributed by atoms with van der Waals surface area (Å²) in [6.07, 6.45) is 4.38. The first kappa shape index (κ1) is 16.8. The summed E-state index contributed by atoms with van der Waals surface area (Å²) in [5.41, 5.74) is -0.373. The van der Waals surface area contributed by atoms with Gasteiger partial charge in [0.05, 0.1) is 5.75 Å². The predicted octanol–water partition coefficient (Wildman–Crippen LogP) is 1.72. The zero-order chi connectivity index (χ0) is 16.2. The number of nitrogens with zero attached hydrogens (tertiary/aromatic N) is 3. The van der Waals surface area contributed by atoms with E-state index < -0.39 is 6.03 Å². The molecule has 0 atom stereocenters. The molecular weight excluding hydrogens is 302 g/mol. The second-order valence-electron chi connectivity index (χ2n) is 6.40. The van der Waals surface area contributed by atoms with Crippen molar-refractivity contribution in [2.24, 2.45) is 0 Å². The number of aryl methyl sites for hydroxylation is 1.